The number of ether oxygens (including phenoxy) is 2. The highest BCUT2D eigenvalue weighted by Gasteiger charge is 2.51. The van der Waals surface area contributed by atoms with E-state index in [1.807, 2.05) is 41.3 Å². The maximum Gasteiger partial charge on any atom is 0.243 e. The number of halogens is 2. The molecule has 2 aliphatic rings. The first-order chi connectivity index (χ1) is 12.6. The number of methoxy groups -OCH3 is 1. The summed E-state index contributed by atoms with van der Waals surface area (Å²) in [5, 5.41) is 1.15. The summed E-state index contributed by atoms with van der Waals surface area (Å²) in [5.74, 6) is -0.0603. The summed E-state index contributed by atoms with van der Waals surface area (Å²) >= 11 is 12.9. The molecule has 5 nitrogen and oxygen atoms in total. The van der Waals surface area contributed by atoms with E-state index in [-0.39, 0.29) is 19.2 Å². The number of carbonyl (C=O) groups is 1. The first kappa shape index (κ1) is 17.8. The van der Waals surface area contributed by atoms with Crippen molar-refractivity contribution in [1.29, 1.82) is 0 Å². The molecule has 0 aliphatic carbocycles. The molecular formula is C19H18Cl2N2O3. The summed E-state index contributed by atoms with van der Waals surface area (Å²) < 4.78 is 11.6. The van der Waals surface area contributed by atoms with Crippen molar-refractivity contribution in [3.05, 3.63) is 63.6 Å². The first-order valence-electron chi connectivity index (χ1n) is 8.31. The number of hydrogen-bond acceptors (Lipinski definition) is 4. The number of rotatable bonds is 3. The number of nitrogens with zero attached hydrogens (tertiary/aromatic N) is 2. The maximum absolute atomic E-state index is 12.9. The van der Waals surface area contributed by atoms with Crippen LogP contribution in [0.25, 0.3) is 0 Å². The van der Waals surface area contributed by atoms with Crippen molar-refractivity contribution >= 4 is 34.8 Å². The van der Waals surface area contributed by atoms with Crippen molar-refractivity contribution in [2.45, 2.75) is 5.72 Å². The van der Waals surface area contributed by atoms with Crippen LogP contribution in [-0.2, 0) is 20.0 Å². The molecule has 2 aromatic rings. The summed E-state index contributed by atoms with van der Waals surface area (Å²) in [4.78, 5) is 16.6. The molecule has 2 heterocycles. The van der Waals surface area contributed by atoms with Crippen LogP contribution in [0.15, 0.2) is 42.5 Å². The van der Waals surface area contributed by atoms with Crippen LogP contribution in [0.5, 0.6) is 0 Å². The van der Waals surface area contributed by atoms with E-state index in [1.165, 1.54) is 0 Å². The Kier molecular flexibility index (Phi) is 4.67. The van der Waals surface area contributed by atoms with Crippen LogP contribution in [0, 0.1) is 0 Å². The van der Waals surface area contributed by atoms with Gasteiger partial charge >= 0.3 is 0 Å². The zero-order valence-corrected chi connectivity index (χ0v) is 15.8. The molecule has 4 rings (SSSR count). The SMILES string of the molecule is COCN1C(=O)CN2CCOC2(c2ccccc2Cl)c2cc(Cl)ccc21. The Bertz CT molecular complexity index is 860. The molecular weight excluding hydrogens is 375 g/mol. The quantitative estimate of drug-likeness (QED) is 0.801. The van der Waals surface area contributed by atoms with E-state index in [0.29, 0.717) is 28.9 Å². The Morgan fingerprint density at radius 3 is 2.77 bits per heavy atom. The lowest BCUT2D eigenvalue weighted by Gasteiger charge is -2.37. The summed E-state index contributed by atoms with van der Waals surface area (Å²) in [6.45, 7) is 1.46. The normalized spacial score (nSPS) is 22.9. The third kappa shape index (κ3) is 2.63. The zero-order valence-electron chi connectivity index (χ0n) is 14.2. The lowest BCUT2D eigenvalue weighted by atomic mass is 9.91. The molecule has 7 heteroatoms. The van der Waals surface area contributed by atoms with Crippen molar-refractivity contribution in [1.82, 2.24) is 4.90 Å². The van der Waals surface area contributed by atoms with Gasteiger partial charge in [-0.05, 0) is 24.3 Å². The molecule has 0 saturated carbocycles. The van der Waals surface area contributed by atoms with Gasteiger partial charge in [0.25, 0.3) is 0 Å². The van der Waals surface area contributed by atoms with Gasteiger partial charge in [-0.15, -0.1) is 0 Å². The molecule has 0 spiro atoms. The number of hydrogen-bond donors (Lipinski definition) is 0. The minimum absolute atomic E-state index is 0.0603. The van der Waals surface area contributed by atoms with E-state index in [1.54, 1.807) is 18.1 Å². The lowest BCUT2D eigenvalue weighted by molar-refractivity contribution is -0.124. The summed E-state index contributed by atoms with van der Waals surface area (Å²) in [6, 6.07) is 13.0. The average molecular weight is 393 g/mol. The van der Waals surface area contributed by atoms with Crippen LogP contribution < -0.4 is 4.90 Å². The Morgan fingerprint density at radius 1 is 1.19 bits per heavy atom. The van der Waals surface area contributed by atoms with Gasteiger partial charge in [-0.1, -0.05) is 41.4 Å². The van der Waals surface area contributed by atoms with Crippen molar-refractivity contribution in [3.63, 3.8) is 0 Å². The molecule has 0 N–H and O–H groups in total. The Hall–Kier alpha value is -1.63. The molecule has 1 fully saturated rings. The summed E-state index contributed by atoms with van der Waals surface area (Å²) in [6.07, 6.45) is 0. The van der Waals surface area contributed by atoms with Gasteiger partial charge in [0.1, 0.15) is 6.73 Å². The van der Waals surface area contributed by atoms with Gasteiger partial charge in [-0.3, -0.25) is 14.6 Å². The highest BCUT2D eigenvalue weighted by atomic mass is 35.5. The lowest BCUT2D eigenvalue weighted by Crippen LogP contribution is -2.45. The number of benzene rings is 2. The first-order valence-corrected chi connectivity index (χ1v) is 9.07. The molecule has 0 aromatic heterocycles. The Labute approximate surface area is 162 Å². The summed E-state index contributed by atoms with van der Waals surface area (Å²) in [5.41, 5.74) is 1.34. The van der Waals surface area contributed by atoms with E-state index < -0.39 is 5.72 Å². The predicted octanol–water partition coefficient (Wildman–Crippen LogP) is 3.48. The second kappa shape index (κ2) is 6.83. The van der Waals surface area contributed by atoms with Crippen molar-refractivity contribution in [2.75, 3.05) is 38.4 Å². The van der Waals surface area contributed by atoms with Gasteiger partial charge in [0.2, 0.25) is 5.91 Å². The third-order valence-electron chi connectivity index (χ3n) is 4.86. The van der Waals surface area contributed by atoms with Gasteiger partial charge in [0, 0.05) is 34.8 Å². The smallest absolute Gasteiger partial charge is 0.243 e. The fraction of sp³-hybridized carbons (Fsp3) is 0.316. The van der Waals surface area contributed by atoms with Crippen molar-refractivity contribution in [3.8, 4) is 0 Å². The molecule has 1 unspecified atom stereocenters. The maximum atomic E-state index is 12.9. The topological polar surface area (TPSA) is 42.0 Å². The predicted molar refractivity (Wildman–Crippen MR) is 101 cm³/mol. The third-order valence-corrected chi connectivity index (χ3v) is 5.42. The summed E-state index contributed by atoms with van der Waals surface area (Å²) in [7, 11) is 1.56. The van der Waals surface area contributed by atoms with Crippen molar-refractivity contribution < 1.29 is 14.3 Å². The standard InChI is InChI=1S/C19H18Cl2N2O3/c1-25-12-23-17-7-6-13(20)10-15(17)19(14-4-2-3-5-16(14)21)22(8-9-26-19)11-18(23)24/h2-7,10H,8-9,11-12H2,1H3. The van der Waals surface area contributed by atoms with E-state index in [2.05, 4.69) is 0 Å². The van der Waals surface area contributed by atoms with Crippen LogP contribution in [0.2, 0.25) is 10.0 Å². The molecule has 0 bridgehead atoms. The van der Waals surface area contributed by atoms with E-state index in [0.717, 1.165) is 11.1 Å². The van der Waals surface area contributed by atoms with Crippen LogP contribution in [0.3, 0.4) is 0 Å². The molecule has 2 aliphatic heterocycles. The molecule has 1 atom stereocenters. The van der Waals surface area contributed by atoms with E-state index in [9.17, 15) is 4.79 Å². The van der Waals surface area contributed by atoms with Crippen LogP contribution >= 0.6 is 23.2 Å². The molecule has 1 saturated heterocycles. The van der Waals surface area contributed by atoms with Crippen LogP contribution in [-0.4, -0.2) is 44.3 Å². The molecule has 26 heavy (non-hydrogen) atoms. The fourth-order valence-corrected chi connectivity index (χ4v) is 4.22. The number of anilines is 1. The average Bonchev–Trinajstić information content (AvgIpc) is 3.01. The van der Waals surface area contributed by atoms with Gasteiger partial charge in [0.15, 0.2) is 5.72 Å². The fourth-order valence-electron chi connectivity index (χ4n) is 3.79. The zero-order chi connectivity index (χ0) is 18.3. The number of fused-ring (bicyclic) bond motifs is 3. The molecule has 2 aromatic carbocycles. The molecule has 136 valence electrons. The second-order valence-electron chi connectivity index (χ2n) is 6.29. The number of amides is 1. The van der Waals surface area contributed by atoms with Crippen LogP contribution in [0.1, 0.15) is 11.1 Å². The minimum atomic E-state index is -0.962. The largest absolute Gasteiger partial charge is 0.364 e. The van der Waals surface area contributed by atoms with Gasteiger partial charge in [-0.25, -0.2) is 0 Å². The monoisotopic (exact) mass is 392 g/mol. The Morgan fingerprint density at radius 2 is 2.00 bits per heavy atom. The van der Waals surface area contributed by atoms with Gasteiger partial charge in [0.05, 0.1) is 18.8 Å². The molecule has 0 radical (unpaired) electrons. The molecule has 1 amide bonds. The van der Waals surface area contributed by atoms with Gasteiger partial charge < -0.3 is 9.47 Å². The van der Waals surface area contributed by atoms with Gasteiger partial charge in [-0.2, -0.15) is 0 Å². The second-order valence-corrected chi connectivity index (χ2v) is 7.14. The van der Waals surface area contributed by atoms with E-state index in [4.69, 9.17) is 32.7 Å². The van der Waals surface area contributed by atoms with Crippen LogP contribution in [0.4, 0.5) is 5.69 Å². The van der Waals surface area contributed by atoms with E-state index >= 15 is 0 Å². The number of carbonyl (C=O) groups excluding carboxylic acids is 1. The highest BCUT2D eigenvalue weighted by Crippen LogP contribution is 2.48. The highest BCUT2D eigenvalue weighted by molar-refractivity contribution is 6.31. The van der Waals surface area contributed by atoms with Crippen molar-refractivity contribution in [2.24, 2.45) is 0 Å². The Balaban J connectivity index is 2.02. The minimum Gasteiger partial charge on any atom is -0.364 e.